The molecule has 2 N–H and O–H groups in total. The van der Waals surface area contributed by atoms with Gasteiger partial charge >= 0.3 is 0 Å². The molecule has 1 aromatic rings. The average Bonchev–Trinajstić information content (AvgIpc) is 2.82. The zero-order chi connectivity index (χ0) is 12.1. The molecule has 1 saturated heterocycles. The van der Waals surface area contributed by atoms with Gasteiger partial charge in [-0.05, 0) is 37.9 Å². The second kappa shape index (κ2) is 9.37. The molecular formula is C12H18Cl3N3O. The van der Waals surface area contributed by atoms with E-state index in [0.717, 1.165) is 19.5 Å². The zero-order valence-electron chi connectivity index (χ0n) is 10.4. The molecule has 1 unspecified atom stereocenters. The van der Waals surface area contributed by atoms with E-state index in [1.165, 1.54) is 12.6 Å². The van der Waals surface area contributed by atoms with Crippen LogP contribution in [0.2, 0.25) is 5.02 Å². The number of halogens is 3. The van der Waals surface area contributed by atoms with Gasteiger partial charge in [0.2, 0.25) is 0 Å². The van der Waals surface area contributed by atoms with Crippen LogP contribution in [0.4, 0.5) is 0 Å². The molecule has 1 aliphatic rings. The van der Waals surface area contributed by atoms with Crippen LogP contribution in [-0.2, 0) is 0 Å². The third-order valence-corrected chi connectivity index (χ3v) is 3.32. The first-order valence-corrected chi connectivity index (χ1v) is 6.23. The Kier molecular flexibility index (Phi) is 9.10. The number of aromatic nitrogens is 1. The van der Waals surface area contributed by atoms with Crippen molar-refractivity contribution in [3.05, 3.63) is 29.0 Å². The molecule has 1 fully saturated rings. The van der Waals surface area contributed by atoms with Crippen LogP contribution in [0.15, 0.2) is 18.5 Å². The maximum Gasteiger partial charge on any atom is 0.252 e. The van der Waals surface area contributed by atoms with E-state index in [4.69, 9.17) is 11.6 Å². The number of carbonyl (C=O) groups is 1. The first-order valence-electron chi connectivity index (χ1n) is 5.86. The summed E-state index contributed by atoms with van der Waals surface area (Å²) in [6.07, 6.45) is 5.27. The predicted octanol–water partition coefficient (Wildman–Crippen LogP) is 2.31. The average molecular weight is 327 g/mol. The molecule has 0 bridgehead atoms. The van der Waals surface area contributed by atoms with Gasteiger partial charge in [-0.1, -0.05) is 11.6 Å². The van der Waals surface area contributed by atoms with Gasteiger partial charge in [-0.2, -0.15) is 0 Å². The minimum absolute atomic E-state index is 0. The van der Waals surface area contributed by atoms with Gasteiger partial charge in [-0.25, -0.2) is 0 Å². The highest BCUT2D eigenvalue weighted by Crippen LogP contribution is 2.14. The van der Waals surface area contributed by atoms with Crippen LogP contribution in [0.25, 0.3) is 0 Å². The Morgan fingerprint density at radius 3 is 2.95 bits per heavy atom. The number of carbonyl (C=O) groups excluding carboxylic acids is 1. The van der Waals surface area contributed by atoms with Gasteiger partial charge in [-0.15, -0.1) is 24.8 Å². The summed E-state index contributed by atoms with van der Waals surface area (Å²) >= 11 is 5.89. The second-order valence-corrected chi connectivity index (χ2v) is 4.67. The van der Waals surface area contributed by atoms with Gasteiger partial charge in [0.15, 0.2) is 0 Å². The van der Waals surface area contributed by atoms with Crippen LogP contribution < -0.4 is 10.6 Å². The molecule has 0 spiro atoms. The lowest BCUT2D eigenvalue weighted by molar-refractivity contribution is 0.0951. The fraction of sp³-hybridized carbons (Fsp3) is 0.500. The Morgan fingerprint density at radius 2 is 2.32 bits per heavy atom. The van der Waals surface area contributed by atoms with E-state index in [-0.39, 0.29) is 30.7 Å². The minimum atomic E-state index is -0.122. The van der Waals surface area contributed by atoms with Crippen molar-refractivity contribution in [2.24, 2.45) is 5.92 Å². The summed E-state index contributed by atoms with van der Waals surface area (Å²) in [5, 5.41) is 6.59. The molecule has 0 aromatic carbocycles. The molecule has 2 heterocycles. The van der Waals surface area contributed by atoms with E-state index >= 15 is 0 Å². The van der Waals surface area contributed by atoms with Crippen molar-refractivity contribution in [2.75, 3.05) is 19.6 Å². The lowest BCUT2D eigenvalue weighted by Crippen LogP contribution is -2.26. The van der Waals surface area contributed by atoms with Gasteiger partial charge in [-0.3, -0.25) is 9.78 Å². The van der Waals surface area contributed by atoms with Crippen LogP contribution in [0.3, 0.4) is 0 Å². The molecular weight excluding hydrogens is 309 g/mol. The molecule has 1 atom stereocenters. The van der Waals surface area contributed by atoms with Gasteiger partial charge in [0.25, 0.3) is 5.91 Å². The fourth-order valence-corrected chi connectivity index (χ4v) is 2.21. The number of rotatable bonds is 4. The van der Waals surface area contributed by atoms with E-state index < -0.39 is 0 Å². The van der Waals surface area contributed by atoms with Crippen LogP contribution in [0, 0.1) is 5.92 Å². The minimum Gasteiger partial charge on any atom is -0.352 e. The highest BCUT2D eigenvalue weighted by atomic mass is 35.5. The summed E-state index contributed by atoms with van der Waals surface area (Å²) in [6, 6.07) is 1.63. The summed E-state index contributed by atoms with van der Waals surface area (Å²) in [5.41, 5.74) is 0.492. The zero-order valence-corrected chi connectivity index (χ0v) is 12.8. The molecule has 2 rings (SSSR count). The standard InChI is InChI=1S/C12H16ClN3O.2ClH/c13-11-8-15-5-3-10(11)12(17)16-6-2-9-1-4-14-7-9;;/h3,5,8-9,14H,1-2,4,6-7H2,(H,16,17);2*1H. The van der Waals surface area contributed by atoms with Crippen LogP contribution >= 0.6 is 36.4 Å². The van der Waals surface area contributed by atoms with Crippen molar-refractivity contribution in [3.63, 3.8) is 0 Å². The number of nitrogens with one attached hydrogen (secondary N) is 2. The topological polar surface area (TPSA) is 54.0 Å². The van der Waals surface area contributed by atoms with Crippen molar-refractivity contribution in [3.8, 4) is 0 Å². The number of pyridine rings is 1. The van der Waals surface area contributed by atoms with Crippen molar-refractivity contribution in [1.29, 1.82) is 0 Å². The smallest absolute Gasteiger partial charge is 0.252 e. The lowest BCUT2D eigenvalue weighted by atomic mass is 10.1. The molecule has 1 amide bonds. The number of hydrogen-bond donors (Lipinski definition) is 2. The Morgan fingerprint density at radius 1 is 1.53 bits per heavy atom. The number of nitrogens with zero attached hydrogens (tertiary/aromatic N) is 1. The highest BCUT2D eigenvalue weighted by molar-refractivity contribution is 6.33. The molecule has 0 saturated carbocycles. The van der Waals surface area contributed by atoms with E-state index in [1.807, 2.05) is 0 Å². The number of hydrogen-bond acceptors (Lipinski definition) is 3. The first-order chi connectivity index (χ1) is 8.27. The van der Waals surface area contributed by atoms with Crippen molar-refractivity contribution in [1.82, 2.24) is 15.6 Å². The third-order valence-electron chi connectivity index (χ3n) is 3.02. The summed E-state index contributed by atoms with van der Waals surface area (Å²) in [6.45, 7) is 2.85. The van der Waals surface area contributed by atoms with Crippen molar-refractivity contribution >= 4 is 42.3 Å². The summed E-state index contributed by atoms with van der Waals surface area (Å²) in [5.74, 6) is 0.562. The summed E-state index contributed by atoms with van der Waals surface area (Å²) in [4.78, 5) is 15.7. The third kappa shape index (κ3) is 5.53. The first kappa shape index (κ1) is 18.4. The van der Waals surface area contributed by atoms with Gasteiger partial charge in [0, 0.05) is 18.9 Å². The van der Waals surface area contributed by atoms with Crippen molar-refractivity contribution < 1.29 is 4.79 Å². The highest BCUT2D eigenvalue weighted by Gasteiger charge is 2.15. The lowest BCUT2D eigenvalue weighted by Gasteiger charge is -2.09. The van der Waals surface area contributed by atoms with E-state index in [0.29, 0.717) is 23.0 Å². The van der Waals surface area contributed by atoms with Gasteiger partial charge in [0.1, 0.15) is 0 Å². The Bertz CT molecular complexity index is 398. The Hall–Kier alpha value is -0.550. The molecule has 1 aromatic heterocycles. The van der Waals surface area contributed by atoms with E-state index in [1.54, 1.807) is 12.3 Å². The Labute approximate surface area is 130 Å². The molecule has 4 nitrogen and oxygen atoms in total. The molecule has 108 valence electrons. The fourth-order valence-electron chi connectivity index (χ4n) is 2.01. The molecule has 7 heteroatoms. The van der Waals surface area contributed by atoms with Crippen LogP contribution in [0.5, 0.6) is 0 Å². The monoisotopic (exact) mass is 325 g/mol. The van der Waals surface area contributed by atoms with Crippen LogP contribution in [0.1, 0.15) is 23.2 Å². The number of amides is 1. The molecule has 1 aliphatic heterocycles. The van der Waals surface area contributed by atoms with E-state index in [2.05, 4.69) is 15.6 Å². The SMILES string of the molecule is Cl.Cl.O=C(NCCC1CCNC1)c1ccncc1Cl. The summed E-state index contributed by atoms with van der Waals surface area (Å²) in [7, 11) is 0. The Balaban J connectivity index is 0.00000162. The van der Waals surface area contributed by atoms with Gasteiger partial charge < -0.3 is 10.6 Å². The normalized spacial score (nSPS) is 17.2. The maximum atomic E-state index is 11.8. The molecule has 0 radical (unpaired) electrons. The second-order valence-electron chi connectivity index (χ2n) is 4.26. The van der Waals surface area contributed by atoms with Gasteiger partial charge in [0.05, 0.1) is 10.6 Å². The van der Waals surface area contributed by atoms with Crippen LogP contribution in [-0.4, -0.2) is 30.5 Å². The maximum absolute atomic E-state index is 11.8. The quantitative estimate of drug-likeness (QED) is 0.893. The predicted molar refractivity (Wildman–Crippen MR) is 81.7 cm³/mol. The van der Waals surface area contributed by atoms with E-state index in [9.17, 15) is 4.79 Å². The molecule has 0 aliphatic carbocycles. The van der Waals surface area contributed by atoms with Crippen molar-refractivity contribution in [2.45, 2.75) is 12.8 Å². The molecule has 19 heavy (non-hydrogen) atoms. The largest absolute Gasteiger partial charge is 0.352 e. The summed E-state index contributed by atoms with van der Waals surface area (Å²) < 4.78 is 0.